The number of fused-ring (bicyclic) bond motifs is 1. The second-order valence-corrected chi connectivity index (χ2v) is 5.81. The smallest absolute Gasteiger partial charge is 0.264 e. The summed E-state index contributed by atoms with van der Waals surface area (Å²) in [5.74, 6) is -0.0381. The molecule has 0 radical (unpaired) electrons. The molecule has 0 aliphatic rings. The van der Waals surface area contributed by atoms with Crippen LogP contribution in [0.2, 0.25) is 0 Å². The Labute approximate surface area is 116 Å². The van der Waals surface area contributed by atoms with Gasteiger partial charge in [-0.25, -0.2) is 0 Å². The molecule has 102 valence electrons. The van der Waals surface area contributed by atoms with Crippen molar-refractivity contribution < 1.29 is 9.90 Å². The van der Waals surface area contributed by atoms with Crippen molar-refractivity contribution in [2.75, 3.05) is 18.9 Å². The zero-order valence-corrected chi connectivity index (χ0v) is 11.9. The molecule has 1 amide bonds. The van der Waals surface area contributed by atoms with Crippen molar-refractivity contribution in [3.05, 3.63) is 29.1 Å². The van der Waals surface area contributed by atoms with Gasteiger partial charge in [0, 0.05) is 23.0 Å². The summed E-state index contributed by atoms with van der Waals surface area (Å²) in [6.45, 7) is 4.21. The molecule has 1 aromatic carbocycles. The van der Waals surface area contributed by atoms with Gasteiger partial charge in [0.25, 0.3) is 5.91 Å². The first-order valence-corrected chi connectivity index (χ1v) is 7.05. The molecule has 0 fully saturated rings. The van der Waals surface area contributed by atoms with Crippen molar-refractivity contribution in [1.29, 1.82) is 0 Å². The van der Waals surface area contributed by atoms with Crippen LogP contribution in [0.4, 0.5) is 5.69 Å². The Bertz CT molecular complexity index is 592. The van der Waals surface area contributed by atoms with Crippen molar-refractivity contribution in [2.45, 2.75) is 19.9 Å². The second kappa shape index (κ2) is 5.59. The summed E-state index contributed by atoms with van der Waals surface area (Å²) in [6, 6.07) is 7.56. The Morgan fingerprint density at radius 3 is 2.79 bits per heavy atom. The van der Waals surface area contributed by atoms with Crippen LogP contribution >= 0.6 is 11.3 Å². The third-order valence-electron chi connectivity index (χ3n) is 2.98. The van der Waals surface area contributed by atoms with Crippen LogP contribution in [-0.2, 0) is 0 Å². The average molecular weight is 278 g/mol. The number of amides is 1. The lowest BCUT2D eigenvalue weighted by Crippen LogP contribution is -2.38. The maximum Gasteiger partial charge on any atom is 0.264 e. The molecule has 1 aromatic heterocycles. The maximum atomic E-state index is 12.4. The molecule has 0 unspecified atom stereocenters. The Morgan fingerprint density at radius 1 is 1.42 bits per heavy atom. The highest BCUT2D eigenvalue weighted by molar-refractivity contribution is 7.20. The highest BCUT2D eigenvalue weighted by Crippen LogP contribution is 2.28. The molecule has 1 heterocycles. The standard InChI is InChI=1S/C14H18N2O2S/c1-9(2)16(5-6-17)14(18)13-8-10-7-11(15)3-4-12(10)19-13/h3-4,7-9,17H,5-6,15H2,1-2H3. The molecule has 19 heavy (non-hydrogen) atoms. The Kier molecular flexibility index (Phi) is 4.07. The number of rotatable bonds is 4. The van der Waals surface area contributed by atoms with Crippen LogP contribution in [0.1, 0.15) is 23.5 Å². The van der Waals surface area contributed by atoms with E-state index in [0.717, 1.165) is 10.1 Å². The average Bonchev–Trinajstić information content (AvgIpc) is 2.77. The summed E-state index contributed by atoms with van der Waals surface area (Å²) in [4.78, 5) is 14.8. The zero-order valence-electron chi connectivity index (χ0n) is 11.1. The van der Waals surface area contributed by atoms with Crippen molar-refractivity contribution in [3.63, 3.8) is 0 Å². The zero-order chi connectivity index (χ0) is 14.0. The number of carbonyl (C=O) groups is 1. The SMILES string of the molecule is CC(C)N(CCO)C(=O)c1cc2cc(N)ccc2s1. The number of benzene rings is 1. The molecule has 2 aromatic rings. The monoisotopic (exact) mass is 278 g/mol. The topological polar surface area (TPSA) is 66.6 Å². The maximum absolute atomic E-state index is 12.4. The molecule has 0 atom stereocenters. The van der Waals surface area contributed by atoms with Gasteiger partial charge in [0.2, 0.25) is 0 Å². The molecule has 0 bridgehead atoms. The Morgan fingerprint density at radius 2 is 2.16 bits per heavy atom. The minimum absolute atomic E-state index is 0.0260. The van der Waals surface area contributed by atoms with Crippen LogP contribution in [-0.4, -0.2) is 35.1 Å². The van der Waals surface area contributed by atoms with Gasteiger partial charge in [-0.15, -0.1) is 11.3 Å². The fourth-order valence-corrected chi connectivity index (χ4v) is 3.01. The molecule has 4 nitrogen and oxygen atoms in total. The third-order valence-corrected chi connectivity index (χ3v) is 4.08. The number of thiophene rings is 1. The molecule has 5 heteroatoms. The number of hydrogen-bond donors (Lipinski definition) is 2. The minimum Gasteiger partial charge on any atom is -0.399 e. The number of nitrogens with zero attached hydrogens (tertiary/aromatic N) is 1. The predicted octanol–water partition coefficient (Wildman–Crippen LogP) is 2.33. The summed E-state index contributed by atoms with van der Waals surface area (Å²) < 4.78 is 1.05. The number of hydrogen-bond acceptors (Lipinski definition) is 4. The lowest BCUT2D eigenvalue weighted by atomic mass is 10.2. The van der Waals surface area contributed by atoms with Gasteiger partial charge in [-0.05, 0) is 43.5 Å². The summed E-state index contributed by atoms with van der Waals surface area (Å²) in [5, 5.41) is 10.0. The van der Waals surface area contributed by atoms with Crippen LogP contribution in [0.15, 0.2) is 24.3 Å². The molecule has 0 aliphatic carbocycles. The van der Waals surface area contributed by atoms with E-state index in [4.69, 9.17) is 10.8 Å². The number of aliphatic hydroxyl groups is 1. The molecule has 2 rings (SSSR count). The summed E-state index contributed by atoms with van der Waals surface area (Å²) in [6.07, 6.45) is 0. The van der Waals surface area contributed by atoms with E-state index in [-0.39, 0.29) is 18.6 Å². The van der Waals surface area contributed by atoms with Crippen molar-refractivity contribution in [1.82, 2.24) is 4.90 Å². The largest absolute Gasteiger partial charge is 0.399 e. The van der Waals surface area contributed by atoms with Crippen molar-refractivity contribution >= 4 is 33.0 Å². The molecular weight excluding hydrogens is 260 g/mol. The van der Waals surface area contributed by atoms with Gasteiger partial charge >= 0.3 is 0 Å². The molecule has 0 spiro atoms. The summed E-state index contributed by atoms with van der Waals surface area (Å²) >= 11 is 1.46. The molecular formula is C14H18N2O2S. The molecule has 0 saturated heterocycles. The molecule has 0 saturated carbocycles. The number of nitrogen functional groups attached to an aromatic ring is 1. The molecule has 0 aliphatic heterocycles. The number of carbonyl (C=O) groups excluding carboxylic acids is 1. The van der Waals surface area contributed by atoms with E-state index in [0.29, 0.717) is 17.1 Å². The lowest BCUT2D eigenvalue weighted by Gasteiger charge is -2.25. The number of anilines is 1. The molecule has 3 N–H and O–H groups in total. The third kappa shape index (κ3) is 2.88. The first kappa shape index (κ1) is 13.8. The predicted molar refractivity (Wildman–Crippen MR) is 79.5 cm³/mol. The van der Waals surface area contributed by atoms with E-state index in [9.17, 15) is 4.79 Å². The van der Waals surface area contributed by atoms with Crippen LogP contribution in [0.3, 0.4) is 0 Å². The van der Waals surface area contributed by atoms with Crippen LogP contribution in [0.25, 0.3) is 10.1 Å². The van der Waals surface area contributed by atoms with Crippen LogP contribution < -0.4 is 5.73 Å². The first-order chi connectivity index (χ1) is 9.02. The lowest BCUT2D eigenvalue weighted by molar-refractivity contribution is 0.0670. The fraction of sp³-hybridized carbons (Fsp3) is 0.357. The second-order valence-electron chi connectivity index (χ2n) is 4.72. The van der Waals surface area contributed by atoms with E-state index in [1.54, 1.807) is 4.90 Å². The van der Waals surface area contributed by atoms with Crippen molar-refractivity contribution in [2.24, 2.45) is 0 Å². The summed E-state index contributed by atoms with van der Waals surface area (Å²) in [7, 11) is 0. The van der Waals surface area contributed by atoms with Crippen molar-refractivity contribution in [3.8, 4) is 0 Å². The van der Waals surface area contributed by atoms with Gasteiger partial charge in [-0.1, -0.05) is 0 Å². The Hall–Kier alpha value is -1.59. The van der Waals surface area contributed by atoms with E-state index < -0.39 is 0 Å². The van der Waals surface area contributed by atoms with E-state index >= 15 is 0 Å². The fourth-order valence-electron chi connectivity index (χ4n) is 2.01. The van der Waals surface area contributed by atoms with E-state index in [1.807, 2.05) is 38.1 Å². The van der Waals surface area contributed by atoms with Gasteiger partial charge in [0.1, 0.15) is 0 Å². The first-order valence-electron chi connectivity index (χ1n) is 6.24. The Balaban J connectivity index is 2.34. The normalized spacial score (nSPS) is 11.2. The van der Waals surface area contributed by atoms with Gasteiger partial charge < -0.3 is 15.7 Å². The highest BCUT2D eigenvalue weighted by atomic mass is 32.1. The van der Waals surface area contributed by atoms with E-state index in [1.165, 1.54) is 11.3 Å². The number of aliphatic hydroxyl groups excluding tert-OH is 1. The van der Waals surface area contributed by atoms with Gasteiger partial charge in [0.15, 0.2) is 0 Å². The minimum atomic E-state index is -0.0381. The highest BCUT2D eigenvalue weighted by Gasteiger charge is 2.20. The van der Waals surface area contributed by atoms with Gasteiger partial charge in [-0.3, -0.25) is 4.79 Å². The summed E-state index contributed by atoms with van der Waals surface area (Å²) in [5.41, 5.74) is 6.44. The van der Waals surface area contributed by atoms with Crippen LogP contribution in [0, 0.1) is 0 Å². The van der Waals surface area contributed by atoms with Crippen LogP contribution in [0.5, 0.6) is 0 Å². The van der Waals surface area contributed by atoms with Gasteiger partial charge in [-0.2, -0.15) is 0 Å². The number of nitrogens with two attached hydrogens (primary N) is 1. The van der Waals surface area contributed by atoms with Gasteiger partial charge in [0.05, 0.1) is 11.5 Å². The van der Waals surface area contributed by atoms with E-state index in [2.05, 4.69) is 0 Å². The quantitative estimate of drug-likeness (QED) is 0.843.